The van der Waals surface area contributed by atoms with Gasteiger partial charge in [-0.1, -0.05) is 13.0 Å². The van der Waals surface area contributed by atoms with Crippen LogP contribution in [0.5, 0.6) is 5.75 Å². The van der Waals surface area contributed by atoms with Gasteiger partial charge in [-0.25, -0.2) is 0 Å². The van der Waals surface area contributed by atoms with Crippen LogP contribution in [0.25, 0.3) is 5.76 Å². The van der Waals surface area contributed by atoms with E-state index in [-0.39, 0.29) is 11.3 Å². The van der Waals surface area contributed by atoms with Crippen molar-refractivity contribution in [2.45, 2.75) is 25.8 Å². The third-order valence-corrected chi connectivity index (χ3v) is 6.09. The number of hydrogen-bond acceptors (Lipinski definition) is 7. The summed E-state index contributed by atoms with van der Waals surface area (Å²) in [6, 6.07) is 11.5. The quantitative estimate of drug-likeness (QED) is 0.346. The molecule has 1 amide bonds. The molecule has 2 fully saturated rings. The standard InChI is InChI=1S/C26H31N3O5/c1-2-16-34-20-9-7-19(8-10-20)24(30)22-23(21-6-3-4-11-27-21)29(26(32)25(22)31)13-5-12-28-14-17-33-18-15-28/h3-4,6-11,23,30H,2,5,12-18H2,1H3/b24-22+/t23-/m0/s1. The highest BCUT2D eigenvalue weighted by Crippen LogP contribution is 2.38. The average Bonchev–Trinajstić information content (AvgIpc) is 3.13. The average molecular weight is 466 g/mol. The molecule has 1 atom stereocenters. The first kappa shape index (κ1) is 23.9. The molecule has 8 nitrogen and oxygen atoms in total. The van der Waals surface area contributed by atoms with Gasteiger partial charge in [-0.05, 0) is 49.2 Å². The van der Waals surface area contributed by atoms with Crippen LogP contribution < -0.4 is 4.74 Å². The molecule has 0 bridgehead atoms. The topological polar surface area (TPSA) is 92.2 Å². The third kappa shape index (κ3) is 5.29. The molecule has 4 rings (SSSR count). The Bertz CT molecular complexity index is 1020. The van der Waals surface area contributed by atoms with E-state index in [0.29, 0.717) is 49.8 Å². The summed E-state index contributed by atoms with van der Waals surface area (Å²) in [5.41, 5.74) is 1.07. The van der Waals surface area contributed by atoms with E-state index in [2.05, 4.69) is 9.88 Å². The SMILES string of the molecule is CCCOc1ccc(/C(O)=C2\C(=O)C(=O)N(CCCN3CCOCC3)[C@H]2c2ccccn2)cc1. The number of ether oxygens (including phenoxy) is 2. The van der Waals surface area contributed by atoms with Crippen LogP contribution in [-0.2, 0) is 14.3 Å². The minimum atomic E-state index is -0.734. The van der Waals surface area contributed by atoms with E-state index in [0.717, 1.165) is 26.1 Å². The van der Waals surface area contributed by atoms with Crippen LogP contribution in [0.4, 0.5) is 0 Å². The third-order valence-electron chi connectivity index (χ3n) is 6.09. The molecule has 1 aromatic carbocycles. The first-order valence-electron chi connectivity index (χ1n) is 11.8. The fourth-order valence-corrected chi connectivity index (χ4v) is 4.33. The first-order valence-corrected chi connectivity index (χ1v) is 11.8. The van der Waals surface area contributed by atoms with Crippen molar-refractivity contribution >= 4 is 17.4 Å². The minimum absolute atomic E-state index is 0.0669. The van der Waals surface area contributed by atoms with Crippen LogP contribution in [-0.4, -0.2) is 77.6 Å². The number of morpholine rings is 1. The molecular weight excluding hydrogens is 434 g/mol. The van der Waals surface area contributed by atoms with Crippen molar-refractivity contribution in [3.63, 3.8) is 0 Å². The smallest absolute Gasteiger partial charge is 0.295 e. The van der Waals surface area contributed by atoms with E-state index in [9.17, 15) is 14.7 Å². The van der Waals surface area contributed by atoms with Crippen molar-refractivity contribution in [2.24, 2.45) is 0 Å². The van der Waals surface area contributed by atoms with Gasteiger partial charge >= 0.3 is 0 Å². The molecule has 2 aromatic rings. The van der Waals surface area contributed by atoms with E-state index in [1.807, 2.05) is 13.0 Å². The number of rotatable bonds is 9. The maximum Gasteiger partial charge on any atom is 0.295 e. The number of likely N-dealkylation sites (tertiary alicyclic amines) is 1. The molecule has 0 aliphatic carbocycles. The second kappa shape index (κ2) is 11.3. The number of nitrogens with zero attached hydrogens (tertiary/aromatic N) is 3. The fraction of sp³-hybridized carbons (Fsp3) is 0.423. The van der Waals surface area contributed by atoms with Crippen molar-refractivity contribution < 1.29 is 24.2 Å². The predicted molar refractivity (Wildman–Crippen MR) is 127 cm³/mol. The lowest BCUT2D eigenvalue weighted by atomic mass is 9.98. The van der Waals surface area contributed by atoms with E-state index in [1.54, 1.807) is 42.6 Å². The lowest BCUT2D eigenvalue weighted by Crippen LogP contribution is -2.39. The minimum Gasteiger partial charge on any atom is -0.507 e. The van der Waals surface area contributed by atoms with Gasteiger partial charge in [0.05, 0.1) is 31.1 Å². The lowest BCUT2D eigenvalue weighted by molar-refractivity contribution is -0.140. The Morgan fingerprint density at radius 1 is 1.12 bits per heavy atom. The number of hydrogen-bond donors (Lipinski definition) is 1. The number of Topliss-reactive ketones (excluding diaryl/α,β-unsaturated/α-hetero) is 1. The summed E-state index contributed by atoms with van der Waals surface area (Å²) in [5, 5.41) is 11.1. The Balaban J connectivity index is 1.61. The molecule has 0 saturated carbocycles. The molecule has 0 spiro atoms. The molecule has 34 heavy (non-hydrogen) atoms. The maximum atomic E-state index is 13.1. The Kier molecular flexibility index (Phi) is 7.92. The predicted octanol–water partition coefficient (Wildman–Crippen LogP) is 3.01. The summed E-state index contributed by atoms with van der Waals surface area (Å²) in [4.78, 5) is 34.4. The number of aliphatic hydroxyl groups is 1. The van der Waals surface area contributed by atoms with Crippen molar-refractivity contribution in [3.8, 4) is 5.75 Å². The fourth-order valence-electron chi connectivity index (χ4n) is 4.33. The Morgan fingerprint density at radius 3 is 2.56 bits per heavy atom. The van der Waals surface area contributed by atoms with Gasteiger partial charge in [-0.15, -0.1) is 0 Å². The summed E-state index contributed by atoms with van der Waals surface area (Å²) >= 11 is 0. The van der Waals surface area contributed by atoms with Crippen molar-refractivity contribution in [1.82, 2.24) is 14.8 Å². The summed E-state index contributed by atoms with van der Waals surface area (Å²) in [7, 11) is 0. The van der Waals surface area contributed by atoms with Gasteiger partial charge in [0.1, 0.15) is 17.6 Å². The molecule has 1 N–H and O–H groups in total. The Labute approximate surface area is 199 Å². The summed E-state index contributed by atoms with van der Waals surface area (Å²) in [6.07, 6.45) is 3.23. The zero-order valence-electron chi connectivity index (χ0n) is 19.5. The number of pyridine rings is 1. The number of aliphatic hydroxyl groups excluding tert-OH is 1. The number of benzene rings is 1. The van der Waals surface area contributed by atoms with Crippen molar-refractivity contribution in [2.75, 3.05) is 46.0 Å². The van der Waals surface area contributed by atoms with Gasteiger partial charge in [0, 0.05) is 37.9 Å². The molecule has 2 aliphatic rings. The van der Waals surface area contributed by atoms with Gasteiger partial charge < -0.3 is 19.5 Å². The molecule has 0 radical (unpaired) electrons. The highest BCUT2D eigenvalue weighted by molar-refractivity contribution is 6.46. The van der Waals surface area contributed by atoms with Crippen molar-refractivity contribution in [3.05, 3.63) is 65.5 Å². The molecule has 2 saturated heterocycles. The van der Waals surface area contributed by atoms with Crippen LogP contribution >= 0.6 is 0 Å². The lowest BCUT2D eigenvalue weighted by Gasteiger charge is -2.28. The first-order chi connectivity index (χ1) is 16.6. The van der Waals surface area contributed by atoms with Gasteiger partial charge in [-0.3, -0.25) is 19.5 Å². The normalized spacial score (nSPS) is 20.6. The van der Waals surface area contributed by atoms with Gasteiger partial charge in [-0.2, -0.15) is 0 Å². The monoisotopic (exact) mass is 465 g/mol. The number of amides is 1. The molecule has 2 aliphatic heterocycles. The van der Waals surface area contributed by atoms with E-state index < -0.39 is 17.7 Å². The van der Waals surface area contributed by atoms with Gasteiger partial charge in [0.25, 0.3) is 11.7 Å². The second-order valence-corrected chi connectivity index (χ2v) is 8.43. The maximum absolute atomic E-state index is 13.1. The number of ketones is 1. The molecule has 180 valence electrons. The van der Waals surface area contributed by atoms with Gasteiger partial charge in [0.15, 0.2) is 0 Å². The molecule has 3 heterocycles. The van der Waals surface area contributed by atoms with E-state index in [1.165, 1.54) is 4.90 Å². The van der Waals surface area contributed by atoms with Crippen LogP contribution in [0, 0.1) is 0 Å². The van der Waals surface area contributed by atoms with Crippen LogP contribution in [0.2, 0.25) is 0 Å². The highest BCUT2D eigenvalue weighted by Gasteiger charge is 2.46. The number of aromatic nitrogens is 1. The van der Waals surface area contributed by atoms with Crippen LogP contribution in [0.15, 0.2) is 54.2 Å². The summed E-state index contributed by atoms with van der Waals surface area (Å²) < 4.78 is 11.0. The summed E-state index contributed by atoms with van der Waals surface area (Å²) in [6.45, 7) is 6.96. The largest absolute Gasteiger partial charge is 0.507 e. The number of carbonyl (C=O) groups is 2. The van der Waals surface area contributed by atoms with Gasteiger partial charge in [0.2, 0.25) is 0 Å². The van der Waals surface area contributed by atoms with E-state index >= 15 is 0 Å². The number of carbonyl (C=O) groups excluding carboxylic acids is 2. The molecule has 1 aromatic heterocycles. The van der Waals surface area contributed by atoms with Crippen LogP contribution in [0.1, 0.15) is 37.1 Å². The summed E-state index contributed by atoms with van der Waals surface area (Å²) in [5.74, 6) is -0.817. The Morgan fingerprint density at radius 2 is 1.88 bits per heavy atom. The molecule has 0 unspecified atom stereocenters. The van der Waals surface area contributed by atoms with Crippen molar-refractivity contribution in [1.29, 1.82) is 0 Å². The van der Waals surface area contributed by atoms with Crippen LogP contribution in [0.3, 0.4) is 0 Å². The highest BCUT2D eigenvalue weighted by atomic mass is 16.5. The molecule has 8 heteroatoms. The van der Waals surface area contributed by atoms with E-state index in [4.69, 9.17) is 9.47 Å². The molecular formula is C26H31N3O5. The Hall–Kier alpha value is -3.23. The zero-order chi connectivity index (χ0) is 23.9. The zero-order valence-corrected chi connectivity index (χ0v) is 19.5. The second-order valence-electron chi connectivity index (χ2n) is 8.43.